The molecule has 0 aliphatic carbocycles. The molecule has 19 heavy (non-hydrogen) atoms. The molecular weight excluding hydrogens is 244 g/mol. The van der Waals surface area contributed by atoms with E-state index in [0.29, 0.717) is 24.3 Å². The number of aliphatic hydroxyl groups excluding tert-OH is 1. The van der Waals surface area contributed by atoms with Gasteiger partial charge in [0, 0.05) is 12.5 Å². The summed E-state index contributed by atoms with van der Waals surface area (Å²) in [4.78, 5) is 11.6. The minimum absolute atomic E-state index is 0.0114. The number of benzene rings is 1. The molecule has 0 heterocycles. The second kappa shape index (κ2) is 7.59. The fourth-order valence-corrected chi connectivity index (χ4v) is 1.55. The molecule has 1 rings (SSSR count). The van der Waals surface area contributed by atoms with Gasteiger partial charge in [0.1, 0.15) is 11.5 Å². The smallest absolute Gasteiger partial charge is 0.155 e. The molecule has 4 nitrogen and oxygen atoms in total. The van der Waals surface area contributed by atoms with E-state index in [1.807, 2.05) is 12.1 Å². The standard InChI is InChI=1S/C15H20O4/c1-11(16)4-6-13(17)7-5-12-8-14(18-2)10-15(9-12)19-3/h5,7-11,16H,4,6H2,1-3H3. The van der Waals surface area contributed by atoms with Crippen molar-refractivity contribution in [3.8, 4) is 11.5 Å². The van der Waals surface area contributed by atoms with E-state index < -0.39 is 6.10 Å². The molecule has 0 aliphatic rings. The molecular formula is C15H20O4. The van der Waals surface area contributed by atoms with E-state index in [4.69, 9.17) is 14.6 Å². The van der Waals surface area contributed by atoms with Crippen LogP contribution in [-0.4, -0.2) is 31.2 Å². The normalized spacial score (nSPS) is 12.4. The molecule has 4 heteroatoms. The first-order chi connectivity index (χ1) is 9.05. The number of rotatable bonds is 7. The lowest BCUT2D eigenvalue weighted by molar-refractivity contribution is -0.115. The van der Waals surface area contributed by atoms with Crippen LogP contribution >= 0.6 is 0 Å². The van der Waals surface area contributed by atoms with Crippen molar-refractivity contribution in [1.29, 1.82) is 0 Å². The molecule has 0 fully saturated rings. The highest BCUT2D eigenvalue weighted by Gasteiger charge is 2.02. The molecule has 0 amide bonds. The Morgan fingerprint density at radius 3 is 2.32 bits per heavy atom. The fourth-order valence-electron chi connectivity index (χ4n) is 1.55. The highest BCUT2D eigenvalue weighted by Crippen LogP contribution is 2.23. The zero-order valence-electron chi connectivity index (χ0n) is 11.6. The van der Waals surface area contributed by atoms with Gasteiger partial charge in [0.25, 0.3) is 0 Å². The number of allylic oxidation sites excluding steroid dienone is 1. The number of carbonyl (C=O) groups is 1. The third-order valence-corrected chi connectivity index (χ3v) is 2.64. The topological polar surface area (TPSA) is 55.8 Å². The Balaban J connectivity index is 2.72. The van der Waals surface area contributed by atoms with Crippen molar-refractivity contribution in [1.82, 2.24) is 0 Å². The summed E-state index contributed by atoms with van der Waals surface area (Å²) >= 11 is 0. The Bertz CT molecular complexity index is 427. The maximum Gasteiger partial charge on any atom is 0.155 e. The molecule has 0 spiro atoms. The van der Waals surface area contributed by atoms with Crippen molar-refractivity contribution in [2.45, 2.75) is 25.9 Å². The summed E-state index contributed by atoms with van der Waals surface area (Å²) in [5.74, 6) is 1.34. The summed E-state index contributed by atoms with van der Waals surface area (Å²) in [7, 11) is 3.16. The van der Waals surface area contributed by atoms with E-state index in [1.54, 1.807) is 33.3 Å². The van der Waals surface area contributed by atoms with Crippen LogP contribution in [-0.2, 0) is 4.79 Å². The average molecular weight is 264 g/mol. The minimum atomic E-state index is -0.450. The lowest BCUT2D eigenvalue weighted by atomic mass is 10.1. The molecule has 1 atom stereocenters. The van der Waals surface area contributed by atoms with Crippen LogP contribution < -0.4 is 9.47 Å². The summed E-state index contributed by atoms with van der Waals surface area (Å²) in [5, 5.41) is 9.11. The Hall–Kier alpha value is -1.81. The predicted octanol–water partition coefficient (Wildman–Crippen LogP) is 2.45. The molecule has 0 saturated heterocycles. The Morgan fingerprint density at radius 1 is 1.26 bits per heavy atom. The van der Waals surface area contributed by atoms with Crippen molar-refractivity contribution in [3.63, 3.8) is 0 Å². The summed E-state index contributed by atoms with van der Waals surface area (Å²) in [5.41, 5.74) is 0.835. The highest BCUT2D eigenvalue weighted by atomic mass is 16.5. The maximum atomic E-state index is 11.6. The number of methoxy groups -OCH3 is 2. The molecule has 1 N–H and O–H groups in total. The zero-order valence-corrected chi connectivity index (χ0v) is 11.6. The first-order valence-electron chi connectivity index (χ1n) is 6.17. The van der Waals surface area contributed by atoms with Crippen molar-refractivity contribution < 1.29 is 19.4 Å². The molecule has 104 valence electrons. The Kier molecular flexibility index (Phi) is 6.09. The van der Waals surface area contributed by atoms with Crippen molar-refractivity contribution in [2.75, 3.05) is 14.2 Å². The number of aliphatic hydroxyl groups is 1. The van der Waals surface area contributed by atoms with Gasteiger partial charge in [-0.15, -0.1) is 0 Å². The van der Waals surface area contributed by atoms with Crippen molar-refractivity contribution in [3.05, 3.63) is 29.8 Å². The zero-order chi connectivity index (χ0) is 14.3. The van der Waals surface area contributed by atoms with E-state index in [9.17, 15) is 4.79 Å². The third-order valence-electron chi connectivity index (χ3n) is 2.64. The van der Waals surface area contributed by atoms with Gasteiger partial charge in [0.15, 0.2) is 5.78 Å². The van der Waals surface area contributed by atoms with Gasteiger partial charge in [-0.1, -0.05) is 6.08 Å². The van der Waals surface area contributed by atoms with Gasteiger partial charge in [-0.3, -0.25) is 4.79 Å². The quantitative estimate of drug-likeness (QED) is 0.769. The van der Waals surface area contributed by atoms with Gasteiger partial charge in [-0.05, 0) is 37.1 Å². The predicted molar refractivity (Wildman–Crippen MR) is 74.5 cm³/mol. The summed E-state index contributed by atoms with van der Waals surface area (Å²) in [6.07, 6.45) is 3.60. The number of ether oxygens (including phenoxy) is 2. The van der Waals surface area contributed by atoms with Gasteiger partial charge < -0.3 is 14.6 Å². The average Bonchev–Trinajstić information content (AvgIpc) is 2.42. The first-order valence-corrected chi connectivity index (χ1v) is 6.17. The van der Waals surface area contributed by atoms with Crippen LogP contribution in [0, 0.1) is 0 Å². The molecule has 1 unspecified atom stereocenters. The van der Waals surface area contributed by atoms with Crippen LogP contribution in [0.1, 0.15) is 25.3 Å². The van der Waals surface area contributed by atoms with Crippen LogP contribution in [0.2, 0.25) is 0 Å². The van der Waals surface area contributed by atoms with Crippen LogP contribution in [0.5, 0.6) is 11.5 Å². The molecule has 1 aromatic rings. The van der Waals surface area contributed by atoms with E-state index >= 15 is 0 Å². The van der Waals surface area contributed by atoms with Crippen LogP contribution in [0.15, 0.2) is 24.3 Å². The van der Waals surface area contributed by atoms with E-state index in [0.717, 1.165) is 5.56 Å². The minimum Gasteiger partial charge on any atom is -0.497 e. The van der Waals surface area contributed by atoms with Crippen LogP contribution in [0.4, 0.5) is 0 Å². The van der Waals surface area contributed by atoms with Crippen molar-refractivity contribution in [2.24, 2.45) is 0 Å². The van der Waals surface area contributed by atoms with Crippen LogP contribution in [0.3, 0.4) is 0 Å². The van der Waals surface area contributed by atoms with Gasteiger partial charge >= 0.3 is 0 Å². The van der Waals surface area contributed by atoms with Gasteiger partial charge in [0.2, 0.25) is 0 Å². The molecule has 0 bridgehead atoms. The lowest BCUT2D eigenvalue weighted by Gasteiger charge is -2.05. The molecule has 0 radical (unpaired) electrons. The third kappa shape index (κ3) is 5.57. The van der Waals surface area contributed by atoms with Crippen LogP contribution in [0.25, 0.3) is 6.08 Å². The first kappa shape index (κ1) is 15.2. The second-order valence-corrected chi connectivity index (χ2v) is 4.33. The maximum absolute atomic E-state index is 11.6. The van der Waals surface area contributed by atoms with Crippen molar-refractivity contribution >= 4 is 11.9 Å². The molecule has 0 aliphatic heterocycles. The second-order valence-electron chi connectivity index (χ2n) is 4.33. The van der Waals surface area contributed by atoms with E-state index in [2.05, 4.69) is 0 Å². The molecule has 1 aromatic carbocycles. The lowest BCUT2D eigenvalue weighted by Crippen LogP contribution is -2.03. The fraction of sp³-hybridized carbons (Fsp3) is 0.400. The van der Waals surface area contributed by atoms with E-state index in [-0.39, 0.29) is 5.78 Å². The highest BCUT2D eigenvalue weighted by molar-refractivity contribution is 5.93. The summed E-state index contributed by atoms with van der Waals surface area (Å²) < 4.78 is 10.3. The number of ketones is 1. The number of hydrogen-bond donors (Lipinski definition) is 1. The largest absolute Gasteiger partial charge is 0.497 e. The monoisotopic (exact) mass is 264 g/mol. The SMILES string of the molecule is COc1cc(C=CC(=O)CCC(C)O)cc(OC)c1. The number of carbonyl (C=O) groups excluding carboxylic acids is 1. The Morgan fingerprint density at radius 2 is 1.84 bits per heavy atom. The van der Waals surface area contributed by atoms with Gasteiger partial charge in [0.05, 0.1) is 20.3 Å². The molecule has 0 saturated carbocycles. The number of hydrogen-bond acceptors (Lipinski definition) is 4. The Labute approximate surface area is 113 Å². The molecule has 0 aromatic heterocycles. The summed E-state index contributed by atoms with van der Waals surface area (Å²) in [6, 6.07) is 5.41. The summed E-state index contributed by atoms with van der Waals surface area (Å²) in [6.45, 7) is 1.67. The van der Waals surface area contributed by atoms with Gasteiger partial charge in [-0.25, -0.2) is 0 Å². The van der Waals surface area contributed by atoms with Gasteiger partial charge in [-0.2, -0.15) is 0 Å². The van der Waals surface area contributed by atoms with E-state index in [1.165, 1.54) is 6.08 Å².